The molecule has 1 heterocycles. The van der Waals surface area contributed by atoms with Crippen molar-refractivity contribution < 1.29 is 28.4 Å². The van der Waals surface area contributed by atoms with Crippen molar-refractivity contribution in [3.8, 4) is 0 Å². The molecule has 0 saturated carbocycles. The first-order valence-corrected chi connectivity index (χ1v) is 11.2. The van der Waals surface area contributed by atoms with Crippen LogP contribution in [0.1, 0.15) is 12.5 Å². The highest BCUT2D eigenvalue weighted by atomic mass is 32.2. The number of thioether (sulfide) groups is 1. The van der Waals surface area contributed by atoms with Crippen molar-refractivity contribution >= 4 is 35.2 Å². The standard InChI is InChI=1S/C23H22FN3O6S/c1-14(2)20(23(30)33-12-15-8-10-16(11-9-15)27(31)32)26-21(24)19(22(26)29)25-18(28)13-34-17-6-4-3-5-7-17/h3-11,19-21H,1,12-13H2,2H3,(H,25,28). The largest absolute Gasteiger partial charge is 0.459 e. The van der Waals surface area contributed by atoms with Crippen molar-refractivity contribution in [2.45, 2.75) is 36.8 Å². The van der Waals surface area contributed by atoms with Crippen molar-refractivity contribution in [1.82, 2.24) is 10.2 Å². The van der Waals surface area contributed by atoms with Gasteiger partial charge in [-0.1, -0.05) is 24.8 Å². The lowest BCUT2D eigenvalue weighted by molar-refractivity contribution is -0.384. The number of ether oxygens (including phenoxy) is 1. The van der Waals surface area contributed by atoms with Crippen LogP contribution in [0.4, 0.5) is 10.1 Å². The third kappa shape index (κ3) is 5.79. The van der Waals surface area contributed by atoms with Gasteiger partial charge in [-0.15, -0.1) is 11.8 Å². The van der Waals surface area contributed by atoms with Gasteiger partial charge < -0.3 is 10.1 Å². The zero-order valence-corrected chi connectivity index (χ0v) is 19.0. The molecule has 0 radical (unpaired) electrons. The highest BCUT2D eigenvalue weighted by Gasteiger charge is 2.54. The molecule has 178 valence electrons. The number of non-ortho nitro benzene ring substituents is 1. The van der Waals surface area contributed by atoms with Crippen LogP contribution < -0.4 is 5.32 Å². The van der Waals surface area contributed by atoms with E-state index in [0.29, 0.717) is 10.5 Å². The molecule has 3 rings (SSSR count). The quantitative estimate of drug-likeness (QED) is 0.104. The lowest BCUT2D eigenvalue weighted by Crippen LogP contribution is -2.72. The fourth-order valence-corrected chi connectivity index (χ4v) is 3.99. The maximum Gasteiger partial charge on any atom is 0.333 e. The molecule has 1 saturated heterocycles. The van der Waals surface area contributed by atoms with Crippen LogP contribution in [-0.4, -0.2) is 51.7 Å². The number of nitrogens with zero attached hydrogens (tertiary/aromatic N) is 2. The number of benzene rings is 2. The Bertz CT molecular complexity index is 1100. The second-order valence-corrected chi connectivity index (χ2v) is 8.59. The molecular weight excluding hydrogens is 465 g/mol. The van der Waals surface area contributed by atoms with Crippen molar-refractivity contribution in [1.29, 1.82) is 0 Å². The second kappa shape index (κ2) is 10.9. The van der Waals surface area contributed by atoms with Crippen LogP contribution in [0.3, 0.4) is 0 Å². The number of nitro groups is 1. The number of hydrogen-bond donors (Lipinski definition) is 1. The summed E-state index contributed by atoms with van der Waals surface area (Å²) in [5.41, 5.74) is 0.554. The molecule has 1 aliphatic heterocycles. The summed E-state index contributed by atoms with van der Waals surface area (Å²) in [7, 11) is 0. The van der Waals surface area contributed by atoms with Gasteiger partial charge in [0, 0.05) is 17.0 Å². The molecule has 1 fully saturated rings. The van der Waals surface area contributed by atoms with E-state index < -0.39 is 41.1 Å². The lowest BCUT2D eigenvalue weighted by Gasteiger charge is -2.45. The number of carbonyl (C=O) groups excluding carboxylic acids is 3. The Kier molecular flexibility index (Phi) is 8.00. The number of β-lactam (4-membered cyclic amide) rings is 1. The van der Waals surface area contributed by atoms with Gasteiger partial charge in [0.1, 0.15) is 6.61 Å². The van der Waals surface area contributed by atoms with Crippen molar-refractivity contribution in [3.05, 3.63) is 82.4 Å². The van der Waals surface area contributed by atoms with Crippen LogP contribution in [0.15, 0.2) is 71.6 Å². The highest BCUT2D eigenvalue weighted by molar-refractivity contribution is 8.00. The number of nitrogens with one attached hydrogen (secondary N) is 1. The molecule has 34 heavy (non-hydrogen) atoms. The van der Waals surface area contributed by atoms with E-state index in [9.17, 15) is 28.9 Å². The summed E-state index contributed by atoms with van der Waals surface area (Å²) in [6.45, 7) is 4.89. The van der Waals surface area contributed by atoms with Crippen LogP contribution in [-0.2, 0) is 25.7 Å². The summed E-state index contributed by atoms with van der Waals surface area (Å²) in [5.74, 6) is -2.17. The SMILES string of the molecule is C=C(C)C(C(=O)OCc1ccc([N+](=O)[O-])cc1)N1C(=O)C(NC(=O)CSc2ccccc2)C1F. The number of likely N-dealkylation sites (tertiary alicyclic amines) is 1. The molecule has 1 aliphatic rings. The fraction of sp³-hybridized carbons (Fsp3) is 0.261. The van der Waals surface area contributed by atoms with Crippen molar-refractivity contribution in [2.75, 3.05) is 5.75 Å². The van der Waals surface area contributed by atoms with Gasteiger partial charge in [0.05, 0.1) is 10.7 Å². The molecule has 3 atom stereocenters. The van der Waals surface area contributed by atoms with E-state index in [0.717, 1.165) is 4.90 Å². The average Bonchev–Trinajstić information content (AvgIpc) is 2.83. The van der Waals surface area contributed by atoms with Gasteiger partial charge in [-0.25, -0.2) is 9.18 Å². The topological polar surface area (TPSA) is 119 Å². The Labute approximate surface area is 199 Å². The van der Waals surface area contributed by atoms with E-state index in [2.05, 4.69) is 11.9 Å². The van der Waals surface area contributed by atoms with Crippen LogP contribution in [0.25, 0.3) is 0 Å². The lowest BCUT2D eigenvalue weighted by atomic mass is 9.98. The van der Waals surface area contributed by atoms with E-state index in [4.69, 9.17) is 4.74 Å². The third-order valence-electron chi connectivity index (χ3n) is 4.99. The molecule has 1 N–H and O–H groups in total. The van der Waals surface area contributed by atoms with Crippen LogP contribution in [0.2, 0.25) is 0 Å². The summed E-state index contributed by atoms with van der Waals surface area (Å²) in [6.07, 6.45) is -1.92. The Morgan fingerprint density at radius 3 is 2.44 bits per heavy atom. The summed E-state index contributed by atoms with van der Waals surface area (Å²) in [6, 6.07) is 11.7. The maximum atomic E-state index is 14.8. The molecule has 2 aromatic rings. The fourth-order valence-electron chi connectivity index (χ4n) is 3.26. The summed E-state index contributed by atoms with van der Waals surface area (Å²) >= 11 is 1.25. The molecular formula is C23H22FN3O6S. The van der Waals surface area contributed by atoms with E-state index in [1.54, 1.807) is 0 Å². The van der Waals surface area contributed by atoms with Gasteiger partial charge in [0.2, 0.25) is 12.2 Å². The molecule has 0 spiro atoms. The summed E-state index contributed by atoms with van der Waals surface area (Å²) < 4.78 is 20.0. The Balaban J connectivity index is 1.55. The third-order valence-corrected chi connectivity index (χ3v) is 6.00. The molecule has 9 nitrogen and oxygen atoms in total. The minimum absolute atomic E-state index is 0.00169. The number of amides is 2. The van der Waals surface area contributed by atoms with E-state index in [-0.39, 0.29) is 23.6 Å². The average molecular weight is 488 g/mol. The van der Waals surface area contributed by atoms with Gasteiger partial charge in [0.15, 0.2) is 12.1 Å². The van der Waals surface area contributed by atoms with Gasteiger partial charge >= 0.3 is 5.97 Å². The molecule has 3 unspecified atom stereocenters. The molecule has 11 heteroatoms. The predicted molar refractivity (Wildman–Crippen MR) is 122 cm³/mol. The van der Waals surface area contributed by atoms with Gasteiger partial charge in [-0.3, -0.25) is 24.6 Å². The predicted octanol–water partition coefficient (Wildman–Crippen LogP) is 3.00. The first-order valence-electron chi connectivity index (χ1n) is 10.2. The van der Waals surface area contributed by atoms with Crippen LogP contribution in [0, 0.1) is 10.1 Å². The molecule has 2 aromatic carbocycles. The molecule has 0 aliphatic carbocycles. The minimum Gasteiger partial charge on any atom is -0.459 e. The van der Waals surface area contributed by atoms with E-state index in [1.807, 2.05) is 30.3 Å². The Morgan fingerprint density at radius 2 is 1.88 bits per heavy atom. The van der Waals surface area contributed by atoms with Crippen LogP contribution in [0.5, 0.6) is 0 Å². The van der Waals surface area contributed by atoms with Gasteiger partial charge in [-0.2, -0.15) is 0 Å². The monoisotopic (exact) mass is 487 g/mol. The highest BCUT2D eigenvalue weighted by Crippen LogP contribution is 2.28. The first-order chi connectivity index (χ1) is 16.2. The number of rotatable bonds is 10. The summed E-state index contributed by atoms with van der Waals surface area (Å²) in [4.78, 5) is 49.0. The zero-order valence-electron chi connectivity index (χ0n) is 18.2. The van der Waals surface area contributed by atoms with Crippen molar-refractivity contribution in [2.24, 2.45) is 0 Å². The number of alkyl halides is 1. The number of halogens is 1. The van der Waals surface area contributed by atoms with E-state index >= 15 is 0 Å². The van der Waals surface area contributed by atoms with E-state index in [1.165, 1.54) is 43.0 Å². The molecule has 0 bridgehead atoms. The Hall–Kier alpha value is -3.73. The van der Waals surface area contributed by atoms with Crippen molar-refractivity contribution in [3.63, 3.8) is 0 Å². The number of carbonyl (C=O) groups is 3. The summed E-state index contributed by atoms with van der Waals surface area (Å²) in [5, 5.41) is 13.1. The van der Waals surface area contributed by atoms with Gasteiger partial charge in [-0.05, 0) is 42.3 Å². The normalized spacial score (nSPS) is 17.9. The minimum atomic E-state index is -1.92. The Morgan fingerprint density at radius 1 is 1.24 bits per heavy atom. The number of nitro benzene ring substituents is 1. The molecule has 2 amide bonds. The maximum absolute atomic E-state index is 14.8. The second-order valence-electron chi connectivity index (χ2n) is 7.55. The smallest absolute Gasteiger partial charge is 0.333 e. The first kappa shape index (κ1) is 24.9. The number of esters is 1. The zero-order chi connectivity index (χ0) is 24.8. The molecule has 0 aromatic heterocycles. The number of hydrogen-bond acceptors (Lipinski definition) is 7. The van der Waals surface area contributed by atoms with Gasteiger partial charge in [0.25, 0.3) is 11.6 Å². The van der Waals surface area contributed by atoms with Crippen LogP contribution >= 0.6 is 11.8 Å².